The number of nitrogens with zero attached hydrogens (tertiary/aromatic N) is 1. The summed E-state index contributed by atoms with van der Waals surface area (Å²) in [6.45, 7) is 1.75. The summed E-state index contributed by atoms with van der Waals surface area (Å²) in [5, 5.41) is 2.82. The first-order valence-electron chi connectivity index (χ1n) is 8.68. The minimum absolute atomic E-state index is 0.0989. The second kappa shape index (κ2) is 8.34. The highest BCUT2D eigenvalue weighted by Crippen LogP contribution is 2.23. The largest absolute Gasteiger partial charge is 0.450 e. The Bertz CT molecular complexity index is 877. The van der Waals surface area contributed by atoms with Crippen LogP contribution in [0.25, 0.3) is 0 Å². The first-order chi connectivity index (χ1) is 13.5. The number of carbonyl (C=O) groups is 4. The molecule has 3 rings (SSSR count). The summed E-state index contributed by atoms with van der Waals surface area (Å²) in [5.74, 6) is -2.42. The minimum atomic E-state index is -1.15. The van der Waals surface area contributed by atoms with E-state index in [1.54, 1.807) is 43.3 Å². The summed E-state index contributed by atoms with van der Waals surface area (Å²) in [4.78, 5) is 54.2. The Kier molecular flexibility index (Phi) is 5.69. The van der Waals surface area contributed by atoms with Gasteiger partial charge in [-0.3, -0.25) is 9.59 Å². The van der Waals surface area contributed by atoms with Gasteiger partial charge in [-0.05, 0) is 24.6 Å². The maximum Gasteiger partial charge on any atom is 0.407 e. The Morgan fingerprint density at radius 1 is 0.964 bits per heavy atom. The first kappa shape index (κ1) is 19.1. The van der Waals surface area contributed by atoms with Crippen molar-refractivity contribution in [2.45, 2.75) is 19.4 Å². The van der Waals surface area contributed by atoms with E-state index in [2.05, 4.69) is 5.32 Å². The number of carbonyl (C=O) groups excluding carboxylic acids is 4. The van der Waals surface area contributed by atoms with Gasteiger partial charge in [-0.15, -0.1) is 0 Å². The van der Waals surface area contributed by atoms with Crippen molar-refractivity contribution in [1.29, 1.82) is 0 Å². The van der Waals surface area contributed by atoms with Crippen molar-refractivity contribution in [3.05, 3.63) is 71.3 Å². The lowest BCUT2D eigenvalue weighted by Crippen LogP contribution is -2.46. The number of alkyl carbamates (subject to hydrolysis) is 1. The van der Waals surface area contributed by atoms with Crippen LogP contribution in [0.1, 0.15) is 33.2 Å². The van der Waals surface area contributed by atoms with E-state index in [1.807, 2.05) is 6.07 Å². The van der Waals surface area contributed by atoms with Crippen LogP contribution < -0.4 is 5.32 Å². The molecule has 1 aliphatic heterocycles. The van der Waals surface area contributed by atoms with Crippen molar-refractivity contribution < 1.29 is 28.8 Å². The van der Waals surface area contributed by atoms with Crippen molar-refractivity contribution in [2.24, 2.45) is 0 Å². The van der Waals surface area contributed by atoms with Crippen LogP contribution >= 0.6 is 0 Å². The highest BCUT2D eigenvalue weighted by Gasteiger charge is 2.40. The molecule has 8 heteroatoms. The normalized spacial score (nSPS) is 13.7. The van der Waals surface area contributed by atoms with Gasteiger partial charge in [-0.25, -0.2) is 9.59 Å². The number of hydrogen-bond acceptors (Lipinski definition) is 6. The molecule has 2 aromatic rings. The molecule has 28 heavy (non-hydrogen) atoms. The number of amides is 3. The smallest absolute Gasteiger partial charge is 0.407 e. The van der Waals surface area contributed by atoms with Gasteiger partial charge in [0.15, 0.2) is 0 Å². The van der Waals surface area contributed by atoms with Gasteiger partial charge in [-0.2, -0.15) is 0 Å². The molecule has 0 saturated carbocycles. The average molecular weight is 382 g/mol. The predicted molar refractivity (Wildman–Crippen MR) is 97.1 cm³/mol. The van der Waals surface area contributed by atoms with Crippen LogP contribution in [0.5, 0.6) is 0 Å². The zero-order valence-corrected chi connectivity index (χ0v) is 15.1. The average Bonchev–Trinajstić information content (AvgIpc) is 2.93. The van der Waals surface area contributed by atoms with Crippen LogP contribution in [0.3, 0.4) is 0 Å². The molecule has 1 N–H and O–H groups in total. The van der Waals surface area contributed by atoms with Crippen molar-refractivity contribution >= 4 is 23.9 Å². The molecule has 1 aliphatic rings. The number of hydrogen-bond donors (Lipinski definition) is 1. The predicted octanol–water partition coefficient (Wildman–Crippen LogP) is 2.10. The summed E-state index contributed by atoms with van der Waals surface area (Å²) in [6.07, 6.45) is -0.704. The van der Waals surface area contributed by atoms with Crippen LogP contribution in [-0.4, -0.2) is 41.6 Å². The summed E-state index contributed by atoms with van der Waals surface area (Å²) < 4.78 is 4.82. The molecule has 0 unspecified atom stereocenters. The SMILES string of the molecule is CCOC(=O)N[C@@H](Cc1ccccc1)C(=O)ON1C(=O)c2ccccc2C1=O. The molecule has 1 heterocycles. The maximum atomic E-state index is 12.6. The standard InChI is InChI=1S/C20H18N2O6/c1-2-27-20(26)21-16(12-13-8-4-3-5-9-13)19(25)28-22-17(23)14-10-6-7-11-15(14)18(22)24/h3-11,16H,2,12H2,1H3,(H,21,26)/t16-/m0/s1. The Hall–Kier alpha value is -3.68. The molecule has 3 amide bonds. The number of imide groups is 1. The molecule has 0 radical (unpaired) electrons. The van der Waals surface area contributed by atoms with E-state index in [0.29, 0.717) is 5.06 Å². The molecule has 8 nitrogen and oxygen atoms in total. The van der Waals surface area contributed by atoms with E-state index < -0.39 is 29.9 Å². The van der Waals surface area contributed by atoms with E-state index in [4.69, 9.17) is 9.57 Å². The molecule has 2 aromatic carbocycles. The quantitative estimate of drug-likeness (QED) is 0.768. The number of benzene rings is 2. The second-order valence-corrected chi connectivity index (χ2v) is 5.97. The molecule has 144 valence electrons. The molecular formula is C20H18N2O6. The lowest BCUT2D eigenvalue weighted by molar-refractivity contribution is -0.171. The van der Waals surface area contributed by atoms with E-state index in [-0.39, 0.29) is 24.2 Å². The third-order valence-electron chi connectivity index (χ3n) is 4.07. The van der Waals surface area contributed by atoms with Gasteiger partial charge in [-0.1, -0.05) is 47.5 Å². The van der Waals surface area contributed by atoms with Crippen LogP contribution in [0.15, 0.2) is 54.6 Å². The summed E-state index contributed by atoms with van der Waals surface area (Å²) in [7, 11) is 0. The minimum Gasteiger partial charge on any atom is -0.450 e. The zero-order chi connectivity index (χ0) is 20.1. The zero-order valence-electron chi connectivity index (χ0n) is 15.1. The fourth-order valence-corrected chi connectivity index (χ4v) is 2.76. The Labute approximate surface area is 161 Å². The van der Waals surface area contributed by atoms with Crippen LogP contribution in [-0.2, 0) is 20.8 Å². The first-order valence-corrected chi connectivity index (χ1v) is 8.68. The van der Waals surface area contributed by atoms with Crippen LogP contribution in [0.4, 0.5) is 4.79 Å². The van der Waals surface area contributed by atoms with Crippen molar-refractivity contribution in [3.63, 3.8) is 0 Å². The lowest BCUT2D eigenvalue weighted by atomic mass is 10.1. The molecular weight excluding hydrogens is 364 g/mol. The number of nitrogens with one attached hydrogen (secondary N) is 1. The summed E-state index contributed by atoms with van der Waals surface area (Å²) >= 11 is 0. The molecule has 0 fully saturated rings. The number of ether oxygens (including phenoxy) is 1. The fraction of sp³-hybridized carbons (Fsp3) is 0.200. The highest BCUT2D eigenvalue weighted by molar-refractivity contribution is 6.20. The van der Waals surface area contributed by atoms with Crippen molar-refractivity contribution in [2.75, 3.05) is 6.61 Å². The Balaban J connectivity index is 1.76. The lowest BCUT2D eigenvalue weighted by Gasteiger charge is -2.20. The Morgan fingerprint density at radius 3 is 2.11 bits per heavy atom. The summed E-state index contributed by atoms with van der Waals surface area (Å²) in [6, 6.07) is 13.9. The van der Waals surface area contributed by atoms with E-state index in [1.165, 1.54) is 12.1 Å². The third-order valence-corrected chi connectivity index (χ3v) is 4.07. The molecule has 0 saturated heterocycles. The topological polar surface area (TPSA) is 102 Å². The van der Waals surface area contributed by atoms with Crippen molar-refractivity contribution in [3.8, 4) is 0 Å². The van der Waals surface area contributed by atoms with Gasteiger partial charge >= 0.3 is 12.1 Å². The number of rotatable bonds is 6. The molecule has 0 bridgehead atoms. The van der Waals surface area contributed by atoms with E-state index >= 15 is 0 Å². The van der Waals surface area contributed by atoms with Crippen molar-refractivity contribution in [1.82, 2.24) is 10.4 Å². The molecule has 0 aliphatic carbocycles. The number of fused-ring (bicyclic) bond motifs is 1. The molecule has 0 aromatic heterocycles. The van der Waals surface area contributed by atoms with Gasteiger partial charge in [0.2, 0.25) is 0 Å². The van der Waals surface area contributed by atoms with Gasteiger partial charge in [0.05, 0.1) is 17.7 Å². The van der Waals surface area contributed by atoms with E-state index in [0.717, 1.165) is 5.56 Å². The summed E-state index contributed by atoms with van der Waals surface area (Å²) in [5.41, 5.74) is 1.06. The van der Waals surface area contributed by atoms with Crippen LogP contribution in [0, 0.1) is 0 Å². The van der Waals surface area contributed by atoms with Gasteiger partial charge in [0, 0.05) is 6.42 Å². The molecule has 1 atom stereocenters. The van der Waals surface area contributed by atoms with Gasteiger partial charge < -0.3 is 14.9 Å². The number of hydroxylamine groups is 2. The van der Waals surface area contributed by atoms with Gasteiger partial charge in [0.25, 0.3) is 11.8 Å². The Morgan fingerprint density at radius 2 is 1.54 bits per heavy atom. The van der Waals surface area contributed by atoms with E-state index in [9.17, 15) is 19.2 Å². The third kappa shape index (κ3) is 4.01. The monoisotopic (exact) mass is 382 g/mol. The maximum absolute atomic E-state index is 12.6. The molecule has 0 spiro atoms. The van der Waals surface area contributed by atoms with Crippen LogP contribution in [0.2, 0.25) is 0 Å². The highest BCUT2D eigenvalue weighted by atomic mass is 16.7. The second-order valence-electron chi connectivity index (χ2n) is 5.97. The van der Waals surface area contributed by atoms with Gasteiger partial charge in [0.1, 0.15) is 6.04 Å². The fourth-order valence-electron chi connectivity index (χ4n) is 2.76.